The highest BCUT2D eigenvalue weighted by Gasteiger charge is 2.10. The minimum atomic E-state index is -0.0830. The number of aryl methyl sites for hydroxylation is 2. The molecule has 0 aliphatic heterocycles. The fourth-order valence-corrected chi connectivity index (χ4v) is 2.91. The van der Waals surface area contributed by atoms with Crippen molar-refractivity contribution in [3.05, 3.63) is 51.7 Å². The molecule has 2 rings (SSSR count). The van der Waals surface area contributed by atoms with Crippen LogP contribution in [0, 0.1) is 13.8 Å². The third-order valence-corrected chi connectivity index (χ3v) is 4.37. The van der Waals surface area contributed by atoms with Crippen LogP contribution >= 0.6 is 11.3 Å². The Balaban J connectivity index is 1.69. The second-order valence-corrected chi connectivity index (χ2v) is 6.28. The highest BCUT2D eigenvalue weighted by Crippen LogP contribution is 2.17. The van der Waals surface area contributed by atoms with Crippen LogP contribution in [0.2, 0.25) is 0 Å². The highest BCUT2D eigenvalue weighted by atomic mass is 32.1. The van der Waals surface area contributed by atoms with Gasteiger partial charge in [-0.15, -0.1) is 11.3 Å². The average molecular weight is 318 g/mol. The van der Waals surface area contributed by atoms with E-state index < -0.39 is 0 Å². The van der Waals surface area contributed by atoms with Gasteiger partial charge in [0.05, 0.1) is 13.1 Å². The predicted molar refractivity (Wildman–Crippen MR) is 90.6 cm³/mol. The van der Waals surface area contributed by atoms with Gasteiger partial charge in [0.2, 0.25) is 0 Å². The first kappa shape index (κ1) is 16.4. The van der Waals surface area contributed by atoms with Crippen molar-refractivity contribution in [3.63, 3.8) is 0 Å². The minimum absolute atomic E-state index is 0.0830. The van der Waals surface area contributed by atoms with Crippen LogP contribution in [0.15, 0.2) is 35.7 Å². The molecule has 1 aromatic heterocycles. The van der Waals surface area contributed by atoms with Gasteiger partial charge in [0, 0.05) is 11.9 Å². The number of thiophene rings is 1. The van der Waals surface area contributed by atoms with Crippen LogP contribution < -0.4 is 10.1 Å². The van der Waals surface area contributed by atoms with Gasteiger partial charge in [-0.3, -0.25) is 0 Å². The number of benzene rings is 1. The molecule has 0 unspecified atom stereocenters. The molecule has 1 heterocycles. The first-order valence-corrected chi connectivity index (χ1v) is 8.15. The van der Waals surface area contributed by atoms with Crippen molar-refractivity contribution < 1.29 is 9.53 Å². The van der Waals surface area contributed by atoms with E-state index in [0.29, 0.717) is 19.7 Å². The molecule has 22 heavy (non-hydrogen) atoms. The molecule has 118 valence electrons. The molecule has 0 radical (unpaired) electrons. The molecule has 0 saturated heterocycles. The number of rotatable bonds is 6. The Hall–Kier alpha value is -2.01. The lowest BCUT2D eigenvalue weighted by Crippen LogP contribution is -2.38. The Morgan fingerprint density at radius 3 is 2.59 bits per heavy atom. The van der Waals surface area contributed by atoms with Crippen molar-refractivity contribution in [3.8, 4) is 5.75 Å². The maximum absolute atomic E-state index is 12.0. The Bertz CT molecular complexity index is 607. The number of carbonyl (C=O) groups excluding carboxylic acids is 1. The molecule has 2 aromatic rings. The topological polar surface area (TPSA) is 41.6 Å². The van der Waals surface area contributed by atoms with E-state index in [1.807, 2.05) is 36.6 Å². The van der Waals surface area contributed by atoms with Gasteiger partial charge < -0.3 is 15.0 Å². The van der Waals surface area contributed by atoms with Crippen LogP contribution in [0.1, 0.15) is 16.0 Å². The van der Waals surface area contributed by atoms with Gasteiger partial charge in [-0.2, -0.15) is 0 Å². The van der Waals surface area contributed by atoms with Crippen LogP contribution in [0.3, 0.4) is 0 Å². The molecule has 0 bridgehead atoms. The summed E-state index contributed by atoms with van der Waals surface area (Å²) in [5, 5.41) is 4.91. The van der Waals surface area contributed by atoms with E-state index in [0.717, 1.165) is 5.75 Å². The number of nitrogens with zero attached hydrogens (tertiary/aromatic N) is 1. The highest BCUT2D eigenvalue weighted by molar-refractivity contribution is 7.10. The Morgan fingerprint density at radius 2 is 1.95 bits per heavy atom. The van der Waals surface area contributed by atoms with Gasteiger partial charge in [0.25, 0.3) is 0 Å². The molecule has 0 atom stereocenters. The molecule has 0 spiro atoms. The number of urea groups is 1. The third kappa shape index (κ3) is 4.77. The fraction of sp³-hybridized carbons (Fsp3) is 0.353. The number of hydrogen-bond donors (Lipinski definition) is 1. The van der Waals surface area contributed by atoms with Gasteiger partial charge in [-0.05, 0) is 43.0 Å². The van der Waals surface area contributed by atoms with Crippen molar-refractivity contribution in [2.24, 2.45) is 0 Å². The molecule has 4 nitrogen and oxygen atoms in total. The van der Waals surface area contributed by atoms with E-state index in [1.54, 1.807) is 23.3 Å². The van der Waals surface area contributed by atoms with Crippen molar-refractivity contribution in [2.75, 3.05) is 20.2 Å². The van der Waals surface area contributed by atoms with Crippen LogP contribution in [0.5, 0.6) is 5.75 Å². The first-order chi connectivity index (χ1) is 10.6. The summed E-state index contributed by atoms with van der Waals surface area (Å²) in [5.41, 5.74) is 2.43. The van der Waals surface area contributed by atoms with E-state index in [9.17, 15) is 4.79 Å². The van der Waals surface area contributed by atoms with Crippen LogP contribution in [-0.2, 0) is 6.54 Å². The molecule has 0 aliphatic rings. The van der Waals surface area contributed by atoms with Crippen molar-refractivity contribution >= 4 is 17.4 Å². The summed E-state index contributed by atoms with van der Waals surface area (Å²) in [7, 11) is 1.80. The van der Waals surface area contributed by atoms with E-state index in [4.69, 9.17) is 4.74 Å². The summed E-state index contributed by atoms with van der Waals surface area (Å²) in [6.07, 6.45) is 0. The second kappa shape index (κ2) is 7.84. The lowest BCUT2D eigenvalue weighted by Gasteiger charge is -2.17. The summed E-state index contributed by atoms with van der Waals surface area (Å²) >= 11 is 1.68. The van der Waals surface area contributed by atoms with E-state index in [-0.39, 0.29) is 6.03 Å². The average Bonchev–Trinajstić information content (AvgIpc) is 2.90. The van der Waals surface area contributed by atoms with E-state index in [2.05, 4.69) is 18.3 Å². The normalized spacial score (nSPS) is 10.3. The smallest absolute Gasteiger partial charge is 0.317 e. The van der Waals surface area contributed by atoms with Crippen molar-refractivity contribution in [2.45, 2.75) is 20.4 Å². The largest absolute Gasteiger partial charge is 0.492 e. The van der Waals surface area contributed by atoms with Gasteiger partial charge >= 0.3 is 6.03 Å². The van der Waals surface area contributed by atoms with Gasteiger partial charge in [-0.1, -0.05) is 17.7 Å². The number of ether oxygens (including phenoxy) is 1. The minimum Gasteiger partial charge on any atom is -0.492 e. The zero-order chi connectivity index (χ0) is 15.9. The van der Waals surface area contributed by atoms with Crippen LogP contribution in [0.25, 0.3) is 0 Å². The molecular formula is C17H22N2O2S. The standard InChI is InChI=1S/C17H22N2O2S/c1-13-4-6-15(7-5-13)21-10-9-18-17(20)19(3)12-16-14(2)8-11-22-16/h4-8,11H,9-10,12H2,1-3H3,(H,18,20). The van der Waals surface area contributed by atoms with Crippen molar-refractivity contribution in [1.29, 1.82) is 0 Å². The fourth-order valence-electron chi connectivity index (χ4n) is 1.95. The molecule has 1 aromatic carbocycles. The summed E-state index contributed by atoms with van der Waals surface area (Å²) in [5.74, 6) is 0.822. The van der Waals surface area contributed by atoms with Gasteiger partial charge in [0.1, 0.15) is 12.4 Å². The summed E-state index contributed by atoms with van der Waals surface area (Å²) in [6.45, 7) is 5.68. The number of nitrogens with one attached hydrogen (secondary N) is 1. The molecular weight excluding hydrogens is 296 g/mol. The molecule has 1 N–H and O–H groups in total. The van der Waals surface area contributed by atoms with Gasteiger partial charge in [0.15, 0.2) is 0 Å². The Kier molecular flexibility index (Phi) is 5.83. The van der Waals surface area contributed by atoms with E-state index >= 15 is 0 Å². The maximum atomic E-state index is 12.0. The molecule has 0 fully saturated rings. The third-order valence-electron chi connectivity index (χ3n) is 3.36. The lowest BCUT2D eigenvalue weighted by molar-refractivity contribution is 0.204. The Labute approximate surface area is 135 Å². The molecule has 0 saturated carbocycles. The predicted octanol–water partition coefficient (Wildman–Crippen LogP) is 3.59. The summed E-state index contributed by atoms with van der Waals surface area (Å²) in [6, 6.07) is 9.86. The first-order valence-electron chi connectivity index (χ1n) is 7.27. The Morgan fingerprint density at radius 1 is 1.23 bits per heavy atom. The molecule has 0 aliphatic carbocycles. The number of hydrogen-bond acceptors (Lipinski definition) is 3. The monoisotopic (exact) mass is 318 g/mol. The SMILES string of the molecule is Cc1ccc(OCCNC(=O)N(C)Cc2sccc2C)cc1. The lowest BCUT2D eigenvalue weighted by atomic mass is 10.2. The van der Waals surface area contributed by atoms with Crippen LogP contribution in [0.4, 0.5) is 4.79 Å². The van der Waals surface area contributed by atoms with Crippen molar-refractivity contribution in [1.82, 2.24) is 10.2 Å². The summed E-state index contributed by atoms with van der Waals surface area (Å²) in [4.78, 5) is 14.9. The second-order valence-electron chi connectivity index (χ2n) is 5.28. The zero-order valence-corrected chi connectivity index (χ0v) is 14.1. The quantitative estimate of drug-likeness (QED) is 0.827. The molecule has 5 heteroatoms. The maximum Gasteiger partial charge on any atom is 0.317 e. The number of carbonyl (C=O) groups is 1. The number of amides is 2. The van der Waals surface area contributed by atoms with Crippen LogP contribution in [-0.4, -0.2) is 31.1 Å². The molecule has 2 amide bonds. The summed E-state index contributed by atoms with van der Waals surface area (Å²) < 4.78 is 5.58. The van der Waals surface area contributed by atoms with Gasteiger partial charge in [-0.25, -0.2) is 4.79 Å². The zero-order valence-electron chi connectivity index (χ0n) is 13.3. The van der Waals surface area contributed by atoms with E-state index in [1.165, 1.54) is 16.0 Å².